The van der Waals surface area contributed by atoms with E-state index in [-0.39, 0.29) is 41.0 Å². The van der Waals surface area contributed by atoms with Crippen LogP contribution in [-0.2, 0) is 24.7 Å². The predicted octanol–water partition coefficient (Wildman–Crippen LogP) is 2.13. The van der Waals surface area contributed by atoms with E-state index >= 15 is 0 Å². The zero-order valence-electron chi connectivity index (χ0n) is 15.8. The molecule has 1 aromatic rings. The van der Waals surface area contributed by atoms with Gasteiger partial charge >= 0.3 is 11.9 Å². The molecular formula is C22H24O5. The summed E-state index contributed by atoms with van der Waals surface area (Å²) in [4.78, 5) is 26.3. The summed E-state index contributed by atoms with van der Waals surface area (Å²) in [6.07, 6.45) is 2.06. The predicted molar refractivity (Wildman–Crippen MR) is 94.0 cm³/mol. The molecule has 0 aromatic heterocycles. The van der Waals surface area contributed by atoms with Gasteiger partial charge < -0.3 is 14.6 Å². The van der Waals surface area contributed by atoms with Gasteiger partial charge in [-0.3, -0.25) is 9.59 Å². The molecule has 27 heavy (non-hydrogen) atoms. The van der Waals surface area contributed by atoms with Gasteiger partial charge in [-0.1, -0.05) is 37.3 Å². The van der Waals surface area contributed by atoms with E-state index in [1.165, 1.54) is 14.2 Å². The Kier molecular flexibility index (Phi) is 2.53. The van der Waals surface area contributed by atoms with Crippen molar-refractivity contribution in [3.05, 3.63) is 35.9 Å². The van der Waals surface area contributed by atoms with Gasteiger partial charge in [-0.15, -0.1) is 0 Å². The van der Waals surface area contributed by atoms with E-state index in [2.05, 4.69) is 0 Å². The molecule has 7 saturated carbocycles. The molecule has 8 rings (SSSR count). The summed E-state index contributed by atoms with van der Waals surface area (Å²) in [5.41, 5.74) is -1.95. The highest BCUT2D eigenvalue weighted by molar-refractivity contribution is 5.92. The number of rotatable bonds is 3. The Morgan fingerprint density at radius 3 is 2.26 bits per heavy atom. The third-order valence-electron chi connectivity index (χ3n) is 9.58. The highest BCUT2D eigenvalue weighted by Gasteiger charge is 3.05. The van der Waals surface area contributed by atoms with E-state index in [9.17, 15) is 14.7 Å². The lowest BCUT2D eigenvalue weighted by molar-refractivity contribution is -0.235. The number of hydrogen-bond donors (Lipinski definition) is 1. The molecule has 1 N–H and O–H groups in total. The molecule has 0 saturated heterocycles. The van der Waals surface area contributed by atoms with E-state index in [1.54, 1.807) is 0 Å². The molecule has 0 aliphatic heterocycles. The molecule has 0 radical (unpaired) electrons. The van der Waals surface area contributed by atoms with Crippen molar-refractivity contribution >= 4 is 11.9 Å². The van der Waals surface area contributed by atoms with Crippen LogP contribution in [0.3, 0.4) is 0 Å². The zero-order chi connectivity index (χ0) is 19.0. The highest BCUT2D eigenvalue weighted by atomic mass is 16.5. The molecule has 7 aliphatic rings. The van der Waals surface area contributed by atoms with E-state index in [0.717, 1.165) is 18.4 Å². The van der Waals surface area contributed by atoms with E-state index in [1.807, 2.05) is 37.3 Å². The summed E-state index contributed by atoms with van der Waals surface area (Å²) < 4.78 is 10.5. The van der Waals surface area contributed by atoms with Crippen molar-refractivity contribution in [2.45, 2.75) is 25.4 Å². The van der Waals surface area contributed by atoms with Crippen LogP contribution in [0, 0.1) is 45.8 Å². The molecule has 1 spiro atoms. The molecule has 5 heteroatoms. The lowest BCUT2D eigenvalue weighted by atomic mass is 9.46. The molecule has 5 nitrogen and oxygen atoms in total. The Morgan fingerprint density at radius 1 is 1.04 bits per heavy atom. The van der Waals surface area contributed by atoms with Gasteiger partial charge in [0.15, 0.2) is 0 Å². The van der Waals surface area contributed by atoms with Crippen molar-refractivity contribution in [3.8, 4) is 0 Å². The molecule has 7 aliphatic carbocycles. The molecule has 0 amide bonds. The normalized spacial score (nSPS) is 51.3. The molecule has 1 aromatic carbocycles. The first-order valence-electron chi connectivity index (χ1n) is 9.83. The fourth-order valence-corrected chi connectivity index (χ4v) is 9.13. The van der Waals surface area contributed by atoms with Gasteiger partial charge in [0.2, 0.25) is 0 Å². The maximum atomic E-state index is 13.4. The third-order valence-corrected chi connectivity index (χ3v) is 9.58. The molecule has 7 fully saturated rings. The number of benzene rings is 1. The number of aliphatic hydroxyl groups is 1. The molecule has 0 heterocycles. The van der Waals surface area contributed by atoms with Crippen molar-refractivity contribution in [2.75, 3.05) is 14.2 Å². The zero-order valence-corrected chi connectivity index (χ0v) is 15.8. The van der Waals surface area contributed by atoms with Crippen LogP contribution in [0.5, 0.6) is 0 Å². The average molecular weight is 368 g/mol. The Labute approximate surface area is 158 Å². The van der Waals surface area contributed by atoms with Crippen LogP contribution in [0.25, 0.3) is 0 Å². The third kappa shape index (κ3) is 1.15. The van der Waals surface area contributed by atoms with Gasteiger partial charge in [0.1, 0.15) is 0 Å². The Hall–Kier alpha value is -1.88. The van der Waals surface area contributed by atoms with E-state index < -0.39 is 22.3 Å². The monoisotopic (exact) mass is 368 g/mol. The number of ether oxygens (including phenoxy) is 2. The summed E-state index contributed by atoms with van der Waals surface area (Å²) >= 11 is 0. The highest BCUT2D eigenvalue weighted by Crippen LogP contribution is 3.02. The van der Waals surface area contributed by atoms with Crippen molar-refractivity contribution in [3.63, 3.8) is 0 Å². The summed E-state index contributed by atoms with van der Waals surface area (Å²) in [7, 11) is 2.79. The van der Waals surface area contributed by atoms with Crippen LogP contribution in [0.1, 0.15) is 25.3 Å². The Balaban J connectivity index is 1.64. The van der Waals surface area contributed by atoms with Crippen molar-refractivity contribution < 1.29 is 24.2 Å². The maximum absolute atomic E-state index is 13.4. The van der Waals surface area contributed by atoms with Crippen LogP contribution in [-0.4, -0.2) is 31.3 Å². The van der Waals surface area contributed by atoms with Gasteiger partial charge in [0.25, 0.3) is 0 Å². The number of esters is 2. The summed E-state index contributed by atoms with van der Waals surface area (Å²) in [5.74, 6) is -0.873. The molecule has 8 atom stereocenters. The van der Waals surface area contributed by atoms with Gasteiger partial charge in [0.05, 0.1) is 31.2 Å². The number of carbonyl (C=O) groups is 2. The molecule has 142 valence electrons. The number of carbonyl (C=O) groups excluding carboxylic acids is 2. The summed E-state index contributed by atoms with van der Waals surface area (Å²) in [6, 6.07) is 9.68. The van der Waals surface area contributed by atoms with Gasteiger partial charge in [-0.05, 0) is 41.6 Å². The quantitative estimate of drug-likeness (QED) is 0.828. The fraction of sp³-hybridized carbons (Fsp3) is 0.636. The van der Waals surface area contributed by atoms with Gasteiger partial charge in [-0.25, -0.2) is 0 Å². The average Bonchev–Trinajstić information content (AvgIpc) is 3.21. The van der Waals surface area contributed by atoms with Crippen molar-refractivity contribution in [1.29, 1.82) is 0 Å². The van der Waals surface area contributed by atoms with E-state index in [0.29, 0.717) is 0 Å². The second-order valence-corrected chi connectivity index (χ2v) is 9.48. The second-order valence-electron chi connectivity index (χ2n) is 9.48. The van der Waals surface area contributed by atoms with Crippen LogP contribution < -0.4 is 0 Å². The molecule has 0 unspecified atom stereocenters. The standard InChI is InChI=1S/C22H24O5/c1-19-12-13-15(17(23)26-2)21(19,18(24)27-3)16(20(13)9-10-20)14(12)22(19,25)11-7-5-4-6-8-11/h4-8,12-16,25H,9-10H2,1-3H3/t12-,13-,14-,15-,16-,19+,21+,22-/m1/s1. The van der Waals surface area contributed by atoms with Gasteiger partial charge in [-0.2, -0.15) is 0 Å². The topological polar surface area (TPSA) is 72.8 Å². The minimum atomic E-state index is -1.11. The lowest BCUT2D eigenvalue weighted by Gasteiger charge is -2.59. The van der Waals surface area contributed by atoms with Crippen molar-refractivity contribution in [1.82, 2.24) is 0 Å². The Bertz CT molecular complexity index is 891. The Morgan fingerprint density at radius 2 is 1.70 bits per heavy atom. The lowest BCUT2D eigenvalue weighted by Crippen LogP contribution is -2.64. The minimum Gasteiger partial charge on any atom is -0.469 e. The number of hydrogen-bond acceptors (Lipinski definition) is 5. The number of methoxy groups -OCH3 is 2. The summed E-state index contributed by atoms with van der Waals surface area (Å²) in [5, 5.41) is 12.1. The van der Waals surface area contributed by atoms with E-state index in [4.69, 9.17) is 9.47 Å². The first-order chi connectivity index (χ1) is 12.9. The van der Waals surface area contributed by atoms with Gasteiger partial charge in [0, 0.05) is 11.3 Å². The molecule has 6 bridgehead atoms. The van der Waals surface area contributed by atoms with Crippen LogP contribution >= 0.6 is 0 Å². The van der Waals surface area contributed by atoms with Crippen LogP contribution in [0.15, 0.2) is 30.3 Å². The smallest absolute Gasteiger partial charge is 0.313 e. The first-order valence-corrected chi connectivity index (χ1v) is 9.83. The van der Waals surface area contributed by atoms with Crippen LogP contribution in [0.4, 0.5) is 0 Å². The van der Waals surface area contributed by atoms with Crippen LogP contribution in [0.2, 0.25) is 0 Å². The second kappa shape index (κ2) is 4.24. The maximum Gasteiger partial charge on any atom is 0.313 e. The molecular weight excluding hydrogens is 344 g/mol. The van der Waals surface area contributed by atoms with Crippen molar-refractivity contribution in [2.24, 2.45) is 45.8 Å². The SMILES string of the molecule is COC(=O)[C@H]1[C@H]2[C@@H]3[C@@H]4[C@H](C25CC5)[C@@]1(C(=O)OC)[C@@]3(C)[C@@]4(O)c1ccccc1. The fourth-order valence-electron chi connectivity index (χ4n) is 9.13. The summed E-state index contributed by atoms with van der Waals surface area (Å²) in [6.45, 7) is 2.02. The minimum absolute atomic E-state index is 0.00114. The largest absolute Gasteiger partial charge is 0.469 e. The first kappa shape index (κ1) is 16.1.